The summed E-state index contributed by atoms with van der Waals surface area (Å²) in [5.41, 5.74) is 0. The van der Waals surface area contributed by atoms with Gasteiger partial charge in [-0.3, -0.25) is 9.36 Å². The van der Waals surface area contributed by atoms with Crippen LogP contribution in [0.4, 0.5) is 0 Å². The molecule has 0 fully saturated rings. The monoisotopic (exact) mass is 187 g/mol. The van der Waals surface area contributed by atoms with Crippen molar-refractivity contribution in [2.24, 2.45) is 0 Å². The van der Waals surface area contributed by atoms with Crippen LogP contribution < -0.4 is 0 Å². The maximum Gasteiger partial charge on any atom is 0.254 e. The number of allylic oxidation sites excluding steroid dienone is 1. The Balaban J connectivity index is 2.09. The zero-order chi connectivity index (χ0) is 9.80. The van der Waals surface area contributed by atoms with E-state index in [1.165, 1.54) is 10.6 Å². The molecule has 0 aliphatic rings. The number of aromatic nitrogens is 1. The number of hydrogen-bond donors (Lipinski definition) is 0. The molecule has 0 atom stereocenters. The van der Waals surface area contributed by atoms with E-state index in [4.69, 9.17) is 4.42 Å². The molecule has 0 aliphatic carbocycles. The molecule has 0 saturated carbocycles. The number of carbonyl (C=O) groups excluding carboxylic acids is 1. The third-order valence-corrected chi connectivity index (χ3v) is 1.79. The summed E-state index contributed by atoms with van der Waals surface area (Å²) in [6.07, 6.45) is 8.09. The molecule has 0 aromatic carbocycles. The van der Waals surface area contributed by atoms with Crippen LogP contribution in [-0.4, -0.2) is 10.5 Å². The van der Waals surface area contributed by atoms with Crippen LogP contribution in [0.15, 0.2) is 53.4 Å². The Morgan fingerprint density at radius 1 is 1.29 bits per heavy atom. The van der Waals surface area contributed by atoms with Crippen molar-refractivity contribution in [2.75, 3.05) is 0 Å². The maximum absolute atomic E-state index is 11.4. The Hall–Kier alpha value is -2.03. The van der Waals surface area contributed by atoms with E-state index in [1.807, 2.05) is 0 Å². The topological polar surface area (TPSA) is 35.1 Å². The average molecular weight is 187 g/mol. The molecule has 0 aliphatic heterocycles. The predicted molar refractivity (Wildman–Crippen MR) is 52.8 cm³/mol. The summed E-state index contributed by atoms with van der Waals surface area (Å²) < 4.78 is 6.55. The molecule has 2 aromatic rings. The van der Waals surface area contributed by atoms with E-state index in [9.17, 15) is 4.79 Å². The Bertz CT molecular complexity index is 424. The first-order valence-corrected chi connectivity index (χ1v) is 4.25. The van der Waals surface area contributed by atoms with Crippen LogP contribution in [0.1, 0.15) is 10.6 Å². The molecule has 2 rings (SSSR count). The van der Waals surface area contributed by atoms with Crippen LogP contribution in [0.5, 0.6) is 0 Å². The minimum Gasteiger partial charge on any atom is -0.465 e. The smallest absolute Gasteiger partial charge is 0.254 e. The summed E-state index contributed by atoms with van der Waals surface area (Å²) >= 11 is 0. The summed E-state index contributed by atoms with van der Waals surface area (Å²) in [4.78, 5) is 11.4. The average Bonchev–Trinajstić information content (AvgIpc) is 2.87. The van der Waals surface area contributed by atoms with Gasteiger partial charge >= 0.3 is 0 Å². The lowest BCUT2D eigenvalue weighted by molar-refractivity contribution is 0.0970. The summed E-state index contributed by atoms with van der Waals surface area (Å²) in [5.74, 6) is 0.580. The van der Waals surface area contributed by atoms with Gasteiger partial charge in [-0.05, 0) is 30.3 Å². The van der Waals surface area contributed by atoms with Crippen molar-refractivity contribution < 1.29 is 9.21 Å². The van der Waals surface area contributed by atoms with Crippen LogP contribution in [0.25, 0.3) is 6.08 Å². The summed E-state index contributed by atoms with van der Waals surface area (Å²) in [6, 6.07) is 7.18. The number of carbonyl (C=O) groups is 1. The molecular weight excluding hydrogens is 178 g/mol. The van der Waals surface area contributed by atoms with E-state index in [0.29, 0.717) is 5.76 Å². The molecule has 0 radical (unpaired) electrons. The van der Waals surface area contributed by atoms with Gasteiger partial charge < -0.3 is 4.42 Å². The van der Waals surface area contributed by atoms with Gasteiger partial charge in [0, 0.05) is 18.5 Å². The van der Waals surface area contributed by atoms with E-state index >= 15 is 0 Å². The first kappa shape index (κ1) is 8.56. The van der Waals surface area contributed by atoms with E-state index in [2.05, 4.69) is 0 Å². The van der Waals surface area contributed by atoms with Crippen LogP contribution in [-0.2, 0) is 0 Å². The van der Waals surface area contributed by atoms with Gasteiger partial charge in [-0.25, -0.2) is 0 Å². The van der Waals surface area contributed by atoms with Crippen LogP contribution in [0.3, 0.4) is 0 Å². The molecule has 2 aromatic heterocycles. The second-order valence-corrected chi connectivity index (χ2v) is 2.78. The molecule has 2 heterocycles. The van der Waals surface area contributed by atoms with Crippen molar-refractivity contribution in [3.05, 3.63) is 54.8 Å². The van der Waals surface area contributed by atoms with Crippen LogP contribution in [0, 0.1) is 0 Å². The van der Waals surface area contributed by atoms with Gasteiger partial charge in [-0.2, -0.15) is 0 Å². The molecule has 70 valence electrons. The van der Waals surface area contributed by atoms with E-state index < -0.39 is 0 Å². The zero-order valence-electron chi connectivity index (χ0n) is 7.46. The van der Waals surface area contributed by atoms with Crippen molar-refractivity contribution in [3.63, 3.8) is 0 Å². The number of rotatable bonds is 2. The fourth-order valence-electron chi connectivity index (χ4n) is 1.11. The molecule has 0 N–H and O–H groups in total. The van der Waals surface area contributed by atoms with Gasteiger partial charge in [-0.1, -0.05) is 0 Å². The summed E-state index contributed by atoms with van der Waals surface area (Å²) in [5, 5.41) is 0. The minimum absolute atomic E-state index is 0.0913. The number of furan rings is 1. The van der Waals surface area contributed by atoms with E-state index in [-0.39, 0.29) is 5.91 Å². The summed E-state index contributed by atoms with van der Waals surface area (Å²) in [6.45, 7) is 0. The van der Waals surface area contributed by atoms with Gasteiger partial charge in [0.05, 0.1) is 6.26 Å². The standard InChI is InChI=1S/C11H9NO2/c13-11(12-7-1-2-8-12)6-5-10-4-3-9-14-10/h1-9H/b6-5+. The first-order chi connectivity index (χ1) is 6.86. The second-order valence-electron chi connectivity index (χ2n) is 2.78. The quantitative estimate of drug-likeness (QED) is 0.677. The van der Waals surface area contributed by atoms with Crippen molar-refractivity contribution in [1.82, 2.24) is 4.57 Å². The predicted octanol–water partition coefficient (Wildman–Crippen LogP) is 2.43. The lowest BCUT2D eigenvalue weighted by Crippen LogP contribution is -2.02. The van der Waals surface area contributed by atoms with E-state index in [1.54, 1.807) is 49.0 Å². The third kappa shape index (κ3) is 1.82. The molecule has 0 spiro atoms. The molecule has 0 saturated heterocycles. The Kier molecular flexibility index (Phi) is 2.32. The van der Waals surface area contributed by atoms with Crippen LogP contribution >= 0.6 is 0 Å². The van der Waals surface area contributed by atoms with Gasteiger partial charge in [0.25, 0.3) is 5.91 Å². The number of hydrogen-bond acceptors (Lipinski definition) is 2. The van der Waals surface area contributed by atoms with Gasteiger partial charge in [0.1, 0.15) is 5.76 Å². The van der Waals surface area contributed by atoms with Crippen molar-refractivity contribution in [3.8, 4) is 0 Å². The third-order valence-electron chi connectivity index (χ3n) is 1.79. The molecule has 14 heavy (non-hydrogen) atoms. The molecular formula is C11H9NO2. The highest BCUT2D eigenvalue weighted by Crippen LogP contribution is 2.02. The van der Waals surface area contributed by atoms with E-state index in [0.717, 1.165) is 0 Å². The Labute approximate surface area is 81.3 Å². The van der Waals surface area contributed by atoms with Gasteiger partial charge in [0.15, 0.2) is 0 Å². The van der Waals surface area contributed by atoms with Gasteiger partial charge in [-0.15, -0.1) is 0 Å². The molecule has 3 heteroatoms. The fraction of sp³-hybridized carbons (Fsp3) is 0. The zero-order valence-corrected chi connectivity index (χ0v) is 7.46. The fourth-order valence-corrected chi connectivity index (χ4v) is 1.11. The molecule has 0 amide bonds. The van der Waals surface area contributed by atoms with Crippen molar-refractivity contribution in [1.29, 1.82) is 0 Å². The normalized spacial score (nSPS) is 10.9. The van der Waals surface area contributed by atoms with Crippen LogP contribution in [0.2, 0.25) is 0 Å². The van der Waals surface area contributed by atoms with Crippen molar-refractivity contribution in [2.45, 2.75) is 0 Å². The number of nitrogens with zero attached hydrogens (tertiary/aromatic N) is 1. The Morgan fingerprint density at radius 3 is 2.71 bits per heavy atom. The lowest BCUT2D eigenvalue weighted by atomic mass is 10.4. The molecule has 0 unspecified atom stereocenters. The lowest BCUT2D eigenvalue weighted by Gasteiger charge is -1.92. The van der Waals surface area contributed by atoms with Crippen molar-refractivity contribution >= 4 is 12.0 Å². The second kappa shape index (κ2) is 3.79. The summed E-state index contributed by atoms with van der Waals surface area (Å²) in [7, 11) is 0. The highest BCUT2D eigenvalue weighted by Gasteiger charge is 1.97. The maximum atomic E-state index is 11.4. The molecule has 0 bridgehead atoms. The molecule has 3 nitrogen and oxygen atoms in total. The highest BCUT2D eigenvalue weighted by molar-refractivity contribution is 5.93. The largest absolute Gasteiger partial charge is 0.465 e. The minimum atomic E-state index is -0.0913. The highest BCUT2D eigenvalue weighted by atomic mass is 16.3. The first-order valence-electron chi connectivity index (χ1n) is 4.25. The van der Waals surface area contributed by atoms with Gasteiger partial charge in [0.2, 0.25) is 0 Å². The SMILES string of the molecule is O=C(/C=C/c1ccco1)n1cccc1. The Morgan fingerprint density at radius 2 is 2.07 bits per heavy atom.